The summed E-state index contributed by atoms with van der Waals surface area (Å²) in [5.41, 5.74) is 15.4. The summed E-state index contributed by atoms with van der Waals surface area (Å²) >= 11 is 0. The summed E-state index contributed by atoms with van der Waals surface area (Å²) in [5, 5.41) is 21.1. The van der Waals surface area contributed by atoms with Crippen LogP contribution >= 0.6 is 0 Å². The van der Waals surface area contributed by atoms with Crippen molar-refractivity contribution in [1.29, 1.82) is 0 Å². The van der Waals surface area contributed by atoms with Crippen LogP contribution in [0.1, 0.15) is 128 Å². The molecule has 0 bridgehead atoms. The number of fused-ring (bicyclic) bond motifs is 4. The number of carbonyl (C=O) groups excluding carboxylic acids is 3. The van der Waals surface area contributed by atoms with Crippen LogP contribution in [0, 0.1) is 0 Å². The van der Waals surface area contributed by atoms with Crippen molar-refractivity contribution < 1.29 is 19.1 Å². The van der Waals surface area contributed by atoms with Gasteiger partial charge < -0.3 is 45.4 Å². The van der Waals surface area contributed by atoms with Gasteiger partial charge in [0.2, 0.25) is 0 Å². The predicted octanol–water partition coefficient (Wildman–Crippen LogP) is 13.4. The van der Waals surface area contributed by atoms with Crippen LogP contribution < -0.4 is 26.6 Å². The lowest BCUT2D eigenvalue weighted by molar-refractivity contribution is 0.0199. The lowest BCUT2D eigenvalue weighted by Gasteiger charge is -2.33. The van der Waals surface area contributed by atoms with Crippen LogP contribution in [0.2, 0.25) is 0 Å². The average Bonchev–Trinajstić information content (AvgIpc) is 1.66. The molecule has 3 amide bonds. The van der Waals surface area contributed by atoms with Crippen molar-refractivity contribution in [2.45, 2.75) is 129 Å². The van der Waals surface area contributed by atoms with Gasteiger partial charge in [0.1, 0.15) is 17.0 Å². The van der Waals surface area contributed by atoms with Crippen molar-refractivity contribution in [1.82, 2.24) is 59.7 Å². The molecule has 0 radical (unpaired) electrons. The third-order valence-electron chi connectivity index (χ3n) is 19.2. The standard InChI is InChI=1S/C41H49N7O3.C36H41N7O/c1-41(2,3)51-40(50)48-20-15-32(16-21-48)44-39(49)38-23-31-22-30(12-13-37(31)46(38)4)35-24-36(33-26-42-17-14-34(33)45-35)43-25-28-8-10-29(11-9-28)27-47-18-6-5-7-19-47;1-42-34-10-9-27(19-28(34)20-35(42)36(44)40-29-11-14-37-15-12-29)32-21-33(30-23-38-16-13-31(30)41-32)39-22-25-5-7-26(8-6-25)24-43-17-3-2-4-18-43/h8-14,17,22-24,26,32H,5-7,15-16,18-21,25,27H2,1-4H3,(H,43,45)(H,44,49);5-10,13,16,19-21,23,29,37H,2-4,11-12,14-15,17-18,22,24H2,1H3,(H,39,41)(H,40,44). The lowest BCUT2D eigenvalue weighted by Crippen LogP contribution is -2.48. The highest BCUT2D eigenvalue weighted by Gasteiger charge is 2.29. The van der Waals surface area contributed by atoms with Gasteiger partial charge in [-0.3, -0.25) is 29.4 Å². The van der Waals surface area contributed by atoms with E-state index in [0.717, 1.165) is 117 Å². The van der Waals surface area contributed by atoms with Gasteiger partial charge in [-0.05, 0) is 194 Å². The largest absolute Gasteiger partial charge is 0.444 e. The molecule has 18 nitrogen and oxygen atoms in total. The van der Waals surface area contributed by atoms with Crippen LogP contribution in [0.5, 0.6) is 0 Å². The molecule has 6 aromatic heterocycles. The first kappa shape index (κ1) is 64.5. The van der Waals surface area contributed by atoms with Crippen LogP contribution in [0.3, 0.4) is 0 Å². The Morgan fingerprint density at radius 3 is 1.39 bits per heavy atom. The van der Waals surface area contributed by atoms with Crippen LogP contribution in [0.15, 0.2) is 146 Å². The van der Waals surface area contributed by atoms with E-state index >= 15 is 0 Å². The zero-order chi connectivity index (χ0) is 65.4. The Kier molecular flexibility index (Phi) is 19.8. The molecular weight excluding hydrogens is 1180 g/mol. The predicted molar refractivity (Wildman–Crippen MR) is 380 cm³/mol. The molecule has 4 saturated heterocycles. The average molecular weight is 1280 g/mol. The van der Waals surface area contributed by atoms with Crippen LogP contribution in [0.4, 0.5) is 16.2 Å². The number of amides is 3. The van der Waals surface area contributed by atoms with Crippen molar-refractivity contribution in [3.8, 4) is 22.5 Å². The Morgan fingerprint density at radius 2 is 0.947 bits per heavy atom. The number of aromatic nitrogens is 6. The molecule has 4 aliphatic rings. The van der Waals surface area contributed by atoms with Gasteiger partial charge in [-0.15, -0.1) is 0 Å². The number of carbonyl (C=O) groups is 3. The first-order valence-corrected chi connectivity index (χ1v) is 34.3. The molecule has 14 rings (SSSR count). The third kappa shape index (κ3) is 15.8. The third-order valence-corrected chi connectivity index (χ3v) is 19.2. The number of hydrogen-bond acceptors (Lipinski definition) is 13. The Hall–Kier alpha value is -9.23. The molecule has 4 aromatic carbocycles. The number of anilines is 2. The monoisotopic (exact) mass is 1270 g/mol. The molecule has 5 N–H and O–H groups in total. The van der Waals surface area contributed by atoms with Crippen LogP contribution in [0.25, 0.3) is 66.1 Å². The fourth-order valence-electron chi connectivity index (χ4n) is 13.9. The lowest BCUT2D eigenvalue weighted by atomic mass is 10.1. The number of nitrogens with one attached hydrogen (secondary N) is 5. The molecule has 95 heavy (non-hydrogen) atoms. The van der Waals surface area contributed by atoms with Crippen LogP contribution in [-0.4, -0.2) is 132 Å². The molecule has 4 fully saturated rings. The number of piperidine rings is 4. The Morgan fingerprint density at radius 1 is 0.516 bits per heavy atom. The molecule has 0 saturated carbocycles. The topological polar surface area (TPSA) is 192 Å². The maximum Gasteiger partial charge on any atom is 0.410 e. The molecule has 0 unspecified atom stereocenters. The SMILES string of the molecule is Cn1c(C(=O)NC2CCN(C(=O)OC(C)(C)C)CC2)cc2cc(-c3cc(NCc4ccc(CN5CCCCC5)cc4)c4cnccc4n3)ccc21.Cn1c(C(=O)NC2CCNCC2)cc2cc(-c3cc(NCc4ccc(CN5CCCCC5)cc4)c4cnccc4n3)ccc21. The summed E-state index contributed by atoms with van der Waals surface area (Å²) in [4.78, 5) is 64.7. The number of likely N-dealkylation sites (tertiary alicyclic amines) is 3. The number of pyridine rings is 4. The molecule has 0 atom stereocenters. The zero-order valence-corrected chi connectivity index (χ0v) is 55.7. The van der Waals surface area contributed by atoms with E-state index in [1.54, 1.807) is 17.3 Å². The number of rotatable bonds is 16. The van der Waals surface area contributed by atoms with E-state index in [0.29, 0.717) is 50.4 Å². The number of ether oxygens (including phenoxy) is 1. The smallest absolute Gasteiger partial charge is 0.410 e. The molecule has 10 heterocycles. The number of benzene rings is 4. The minimum atomic E-state index is -0.531. The van der Waals surface area contributed by atoms with Crippen LogP contribution in [-0.2, 0) is 45.0 Å². The summed E-state index contributed by atoms with van der Waals surface area (Å²) < 4.78 is 9.44. The summed E-state index contributed by atoms with van der Waals surface area (Å²) in [6.45, 7) is 16.9. The summed E-state index contributed by atoms with van der Waals surface area (Å²) in [5.74, 6) is -0.132. The molecule has 0 spiro atoms. The number of nitrogens with zero attached hydrogens (tertiary/aromatic N) is 9. The van der Waals surface area contributed by atoms with Gasteiger partial charge in [0.05, 0.1) is 22.4 Å². The van der Waals surface area contributed by atoms with Crippen molar-refractivity contribution in [2.24, 2.45) is 14.1 Å². The fraction of sp³-hybridized carbons (Fsp3) is 0.390. The second-order valence-corrected chi connectivity index (χ2v) is 27.3. The van der Waals surface area contributed by atoms with E-state index in [-0.39, 0.29) is 30.0 Å². The van der Waals surface area contributed by atoms with E-state index in [1.807, 2.05) is 80.7 Å². The molecule has 18 heteroatoms. The minimum Gasteiger partial charge on any atom is -0.444 e. The number of aryl methyl sites for hydroxylation is 2. The van der Waals surface area contributed by atoms with E-state index in [1.165, 1.54) is 87.0 Å². The Balaban J connectivity index is 0.000000174. The van der Waals surface area contributed by atoms with Gasteiger partial charge in [-0.25, -0.2) is 14.8 Å². The zero-order valence-electron chi connectivity index (χ0n) is 55.7. The summed E-state index contributed by atoms with van der Waals surface area (Å²) in [6, 6.07) is 42.7. The summed E-state index contributed by atoms with van der Waals surface area (Å²) in [7, 11) is 3.88. The van der Waals surface area contributed by atoms with E-state index in [4.69, 9.17) is 14.7 Å². The van der Waals surface area contributed by atoms with Crippen molar-refractivity contribution in [3.05, 3.63) is 180 Å². The van der Waals surface area contributed by atoms with Crippen molar-refractivity contribution in [2.75, 3.05) is 63.0 Å². The highest BCUT2D eigenvalue weighted by Crippen LogP contribution is 2.34. The van der Waals surface area contributed by atoms with Gasteiger partial charge in [-0.1, -0.05) is 73.5 Å². The highest BCUT2D eigenvalue weighted by molar-refractivity contribution is 6.02. The first-order chi connectivity index (χ1) is 46.2. The van der Waals surface area contributed by atoms with E-state index in [2.05, 4.69) is 143 Å². The van der Waals surface area contributed by atoms with Gasteiger partial charge in [0.15, 0.2) is 0 Å². The van der Waals surface area contributed by atoms with Crippen molar-refractivity contribution >= 4 is 72.9 Å². The molecular formula is C77H90N14O4. The quantitative estimate of drug-likeness (QED) is 0.0614. The second-order valence-electron chi connectivity index (χ2n) is 27.3. The maximum atomic E-state index is 13.5. The molecule has 10 aromatic rings. The normalized spacial score (nSPS) is 16.2. The Bertz CT molecular complexity index is 4340. The van der Waals surface area contributed by atoms with Gasteiger partial charge in [-0.2, -0.15) is 0 Å². The molecule has 492 valence electrons. The van der Waals surface area contributed by atoms with Gasteiger partial charge in [0.25, 0.3) is 11.8 Å². The van der Waals surface area contributed by atoms with Gasteiger partial charge in [0, 0.05) is 145 Å². The maximum absolute atomic E-state index is 13.5. The first-order valence-electron chi connectivity index (χ1n) is 34.3. The molecule has 0 aliphatic carbocycles. The van der Waals surface area contributed by atoms with E-state index in [9.17, 15) is 14.4 Å². The Labute approximate surface area is 557 Å². The van der Waals surface area contributed by atoms with Gasteiger partial charge >= 0.3 is 6.09 Å². The minimum absolute atomic E-state index is 0.00976. The highest BCUT2D eigenvalue weighted by atomic mass is 16.6. The van der Waals surface area contributed by atoms with Crippen molar-refractivity contribution in [3.63, 3.8) is 0 Å². The van der Waals surface area contributed by atoms with E-state index < -0.39 is 5.60 Å². The molecule has 4 aliphatic heterocycles. The second kappa shape index (κ2) is 29.2. The fourth-order valence-corrected chi connectivity index (χ4v) is 13.9. The number of hydrogen-bond donors (Lipinski definition) is 5. The summed E-state index contributed by atoms with van der Waals surface area (Å²) in [6.07, 6.45) is 18.2.